The van der Waals surface area contributed by atoms with Crippen molar-refractivity contribution in [3.05, 3.63) is 48.6 Å². The largest absolute Gasteiger partial charge is 0.462 e. The monoisotopic (exact) mass is 911 g/mol. The van der Waals surface area contributed by atoms with Gasteiger partial charge in [0.2, 0.25) is 0 Å². The first-order valence-electron chi connectivity index (χ1n) is 28.1. The van der Waals surface area contributed by atoms with Crippen molar-refractivity contribution >= 4 is 17.9 Å². The van der Waals surface area contributed by atoms with Crippen molar-refractivity contribution in [2.45, 2.75) is 297 Å². The highest BCUT2D eigenvalue weighted by Gasteiger charge is 2.19. The first-order chi connectivity index (χ1) is 32.0. The fraction of sp³-hybridized carbons (Fsp3) is 0.814. The van der Waals surface area contributed by atoms with Crippen LogP contribution in [0.2, 0.25) is 0 Å². The van der Waals surface area contributed by atoms with Crippen LogP contribution < -0.4 is 0 Å². The van der Waals surface area contributed by atoms with Crippen LogP contribution in [0.25, 0.3) is 0 Å². The molecule has 0 aliphatic heterocycles. The number of ether oxygens (including phenoxy) is 3. The lowest BCUT2D eigenvalue weighted by Gasteiger charge is -2.18. The minimum absolute atomic E-state index is 0.0871. The van der Waals surface area contributed by atoms with Crippen molar-refractivity contribution in [2.24, 2.45) is 0 Å². The number of carbonyl (C=O) groups excluding carboxylic acids is 3. The average molecular weight is 911 g/mol. The summed E-state index contributed by atoms with van der Waals surface area (Å²) in [5.41, 5.74) is 0. The van der Waals surface area contributed by atoms with Gasteiger partial charge in [-0.25, -0.2) is 0 Å². The Labute approximate surface area is 403 Å². The zero-order chi connectivity index (χ0) is 47.2. The van der Waals surface area contributed by atoms with Gasteiger partial charge < -0.3 is 14.2 Å². The maximum atomic E-state index is 12.8. The molecule has 0 unspecified atom stereocenters. The van der Waals surface area contributed by atoms with Gasteiger partial charge in [0.25, 0.3) is 0 Å². The molecule has 0 fully saturated rings. The molecule has 0 aliphatic rings. The number of esters is 3. The van der Waals surface area contributed by atoms with Crippen LogP contribution in [-0.2, 0) is 28.6 Å². The number of hydrogen-bond acceptors (Lipinski definition) is 6. The molecule has 0 spiro atoms. The zero-order valence-electron chi connectivity index (χ0n) is 43.3. The SMILES string of the molecule is CCCCCCCC/C=C\C/C=C\C/C=C\CCCC(=O)OC[C@@H](COC(=O)CCCCCCCCCCC/C=C\CCCCCCCC)OC(=O)CCCCCCCCCCCCC. The van der Waals surface area contributed by atoms with E-state index in [9.17, 15) is 14.4 Å². The van der Waals surface area contributed by atoms with Crippen molar-refractivity contribution in [2.75, 3.05) is 13.2 Å². The molecule has 6 nitrogen and oxygen atoms in total. The molecule has 0 bridgehead atoms. The van der Waals surface area contributed by atoms with Crippen LogP contribution in [0.1, 0.15) is 290 Å². The summed E-state index contributed by atoms with van der Waals surface area (Å²) in [6.07, 6.45) is 65.4. The number of carbonyl (C=O) groups is 3. The summed E-state index contributed by atoms with van der Waals surface area (Å²) >= 11 is 0. The fourth-order valence-corrected chi connectivity index (χ4v) is 8.04. The molecule has 0 aromatic rings. The lowest BCUT2D eigenvalue weighted by atomic mass is 10.1. The van der Waals surface area contributed by atoms with Crippen molar-refractivity contribution in [1.82, 2.24) is 0 Å². The quantitative estimate of drug-likeness (QED) is 0.0262. The van der Waals surface area contributed by atoms with Gasteiger partial charge in [-0.2, -0.15) is 0 Å². The van der Waals surface area contributed by atoms with Crippen LogP contribution in [0.15, 0.2) is 48.6 Å². The Morgan fingerprint density at radius 1 is 0.308 bits per heavy atom. The maximum Gasteiger partial charge on any atom is 0.306 e. The van der Waals surface area contributed by atoms with Crippen molar-refractivity contribution in [3.63, 3.8) is 0 Å². The summed E-state index contributed by atoms with van der Waals surface area (Å²) in [5, 5.41) is 0. The fourth-order valence-electron chi connectivity index (χ4n) is 8.04. The van der Waals surface area contributed by atoms with Crippen LogP contribution in [0.3, 0.4) is 0 Å². The smallest absolute Gasteiger partial charge is 0.306 e. The van der Waals surface area contributed by atoms with Crippen molar-refractivity contribution < 1.29 is 28.6 Å². The van der Waals surface area contributed by atoms with E-state index in [0.29, 0.717) is 25.7 Å². The molecule has 0 heterocycles. The normalized spacial score (nSPS) is 12.4. The Balaban J connectivity index is 4.36. The van der Waals surface area contributed by atoms with E-state index in [4.69, 9.17) is 14.2 Å². The van der Waals surface area contributed by atoms with Gasteiger partial charge in [-0.1, -0.05) is 243 Å². The second kappa shape index (κ2) is 54.0. The molecule has 6 heteroatoms. The lowest BCUT2D eigenvalue weighted by Crippen LogP contribution is -2.30. The Kier molecular flexibility index (Phi) is 51.8. The number of allylic oxidation sites excluding steroid dienone is 8. The van der Waals surface area contributed by atoms with Crippen LogP contribution in [-0.4, -0.2) is 37.2 Å². The number of rotatable bonds is 51. The van der Waals surface area contributed by atoms with Crippen molar-refractivity contribution in [1.29, 1.82) is 0 Å². The Morgan fingerprint density at radius 3 is 0.938 bits per heavy atom. The second-order valence-electron chi connectivity index (χ2n) is 18.8. The summed E-state index contributed by atoms with van der Waals surface area (Å²) in [7, 11) is 0. The second-order valence-corrected chi connectivity index (χ2v) is 18.8. The van der Waals surface area contributed by atoms with Gasteiger partial charge in [0, 0.05) is 19.3 Å². The lowest BCUT2D eigenvalue weighted by molar-refractivity contribution is -0.167. The first kappa shape index (κ1) is 62.4. The van der Waals surface area contributed by atoms with Crippen LogP contribution in [0.5, 0.6) is 0 Å². The van der Waals surface area contributed by atoms with Crippen LogP contribution in [0, 0.1) is 0 Å². The van der Waals surface area contributed by atoms with E-state index in [0.717, 1.165) is 57.8 Å². The molecular formula is C59H106O6. The Morgan fingerprint density at radius 2 is 0.569 bits per heavy atom. The molecule has 0 saturated carbocycles. The topological polar surface area (TPSA) is 78.9 Å². The summed E-state index contributed by atoms with van der Waals surface area (Å²) in [6, 6.07) is 0. The van der Waals surface area contributed by atoms with E-state index >= 15 is 0 Å². The van der Waals surface area contributed by atoms with E-state index in [1.165, 1.54) is 186 Å². The first-order valence-corrected chi connectivity index (χ1v) is 28.1. The van der Waals surface area contributed by atoms with Gasteiger partial charge in [-0.05, 0) is 77.0 Å². The van der Waals surface area contributed by atoms with Gasteiger partial charge in [-0.3, -0.25) is 14.4 Å². The molecule has 0 radical (unpaired) electrons. The molecule has 0 rings (SSSR count). The third-order valence-corrected chi connectivity index (χ3v) is 12.3. The third kappa shape index (κ3) is 52.2. The molecule has 0 N–H and O–H groups in total. The van der Waals surface area contributed by atoms with Gasteiger partial charge in [0.1, 0.15) is 13.2 Å². The van der Waals surface area contributed by atoms with E-state index in [2.05, 4.69) is 69.4 Å². The molecular weight excluding hydrogens is 805 g/mol. The molecule has 0 saturated heterocycles. The molecule has 378 valence electrons. The van der Waals surface area contributed by atoms with E-state index in [1.54, 1.807) is 0 Å². The molecule has 0 aromatic heterocycles. The molecule has 65 heavy (non-hydrogen) atoms. The summed E-state index contributed by atoms with van der Waals surface area (Å²) in [6.45, 7) is 6.60. The van der Waals surface area contributed by atoms with Gasteiger partial charge in [-0.15, -0.1) is 0 Å². The van der Waals surface area contributed by atoms with Gasteiger partial charge in [0.05, 0.1) is 0 Å². The zero-order valence-corrected chi connectivity index (χ0v) is 43.3. The third-order valence-electron chi connectivity index (χ3n) is 12.3. The molecule has 0 aliphatic carbocycles. The summed E-state index contributed by atoms with van der Waals surface area (Å²) in [4.78, 5) is 38.0. The highest BCUT2D eigenvalue weighted by Crippen LogP contribution is 2.15. The molecule has 1 atom stereocenters. The number of hydrogen-bond donors (Lipinski definition) is 0. The van der Waals surface area contributed by atoms with Gasteiger partial charge >= 0.3 is 17.9 Å². The highest BCUT2D eigenvalue weighted by atomic mass is 16.6. The molecule has 0 amide bonds. The minimum Gasteiger partial charge on any atom is -0.462 e. The predicted molar refractivity (Wildman–Crippen MR) is 279 cm³/mol. The minimum atomic E-state index is -0.790. The van der Waals surface area contributed by atoms with Crippen LogP contribution >= 0.6 is 0 Å². The Bertz CT molecular complexity index is 1140. The summed E-state index contributed by atoms with van der Waals surface area (Å²) < 4.78 is 16.8. The highest BCUT2D eigenvalue weighted by molar-refractivity contribution is 5.71. The average Bonchev–Trinajstić information content (AvgIpc) is 3.30. The predicted octanol–water partition coefficient (Wildman–Crippen LogP) is 18.7. The van der Waals surface area contributed by atoms with E-state index in [-0.39, 0.29) is 31.1 Å². The van der Waals surface area contributed by atoms with Crippen LogP contribution in [0.4, 0.5) is 0 Å². The van der Waals surface area contributed by atoms with Gasteiger partial charge in [0.15, 0.2) is 6.10 Å². The molecule has 0 aromatic carbocycles. The standard InChI is InChI=1S/C59H106O6/c1-4-7-10-13-16-19-22-24-26-28-29-31-33-35-38-40-43-46-49-52-58(61)64-55-56(65-59(62)53-50-47-44-41-36-21-18-15-12-9-6-3)54-63-57(60)51-48-45-42-39-37-34-32-30-27-25-23-20-17-14-11-8-5-2/h24-27,32,34,39,42,56H,4-23,28-31,33,35-38,40-41,43-55H2,1-3H3/b26-24-,27-25-,34-32-,42-39-/t56-/m0/s1. The summed E-state index contributed by atoms with van der Waals surface area (Å²) in [5.74, 6) is -0.933. The maximum absolute atomic E-state index is 12.8. The Hall–Kier alpha value is -2.63. The number of unbranched alkanes of at least 4 members (excludes halogenated alkanes) is 32. The van der Waals surface area contributed by atoms with Crippen molar-refractivity contribution in [3.8, 4) is 0 Å². The van der Waals surface area contributed by atoms with E-state index < -0.39 is 6.10 Å². The van der Waals surface area contributed by atoms with E-state index in [1.807, 2.05) is 0 Å².